The van der Waals surface area contributed by atoms with Crippen LogP contribution >= 0.6 is 11.8 Å². The van der Waals surface area contributed by atoms with Crippen LogP contribution in [0.2, 0.25) is 0 Å². The zero-order valence-corrected chi connectivity index (χ0v) is 25.1. The summed E-state index contributed by atoms with van der Waals surface area (Å²) in [6, 6.07) is 34.3. The number of nitrogens with zero attached hydrogens (tertiary/aromatic N) is 1. The maximum absolute atomic E-state index is 13.4. The van der Waals surface area contributed by atoms with Gasteiger partial charge in [-0.05, 0) is 83.9 Å². The Morgan fingerprint density at radius 3 is 1.96 bits per heavy atom. The van der Waals surface area contributed by atoms with Crippen LogP contribution < -0.4 is 16.0 Å². The number of carboxylic acid groups (broad SMARTS) is 1. The lowest BCUT2D eigenvalue weighted by Gasteiger charge is -2.17. The summed E-state index contributed by atoms with van der Waals surface area (Å²) in [5.74, 6) is -2.28. The van der Waals surface area contributed by atoms with Crippen molar-refractivity contribution in [3.8, 4) is 0 Å². The van der Waals surface area contributed by atoms with E-state index in [1.54, 1.807) is 97.3 Å². The molecule has 0 saturated carbocycles. The fraction of sp³-hybridized carbons (Fsp3) is 0.0278. The highest BCUT2D eigenvalue weighted by molar-refractivity contribution is 8.00. The van der Waals surface area contributed by atoms with Gasteiger partial charge >= 0.3 is 5.97 Å². The molecular formula is C36H28N4O5S. The fourth-order valence-electron chi connectivity index (χ4n) is 4.33. The Morgan fingerprint density at radius 1 is 0.696 bits per heavy atom. The minimum absolute atomic E-state index is 0.0394. The molecule has 1 unspecified atom stereocenters. The molecular weight excluding hydrogens is 600 g/mol. The van der Waals surface area contributed by atoms with Crippen molar-refractivity contribution >= 4 is 52.9 Å². The molecule has 9 nitrogen and oxygen atoms in total. The van der Waals surface area contributed by atoms with Gasteiger partial charge in [0.1, 0.15) is 10.9 Å². The molecule has 0 radical (unpaired) electrons. The van der Waals surface area contributed by atoms with Gasteiger partial charge in [0.15, 0.2) is 0 Å². The molecule has 10 heteroatoms. The molecule has 3 amide bonds. The van der Waals surface area contributed by atoms with Gasteiger partial charge in [-0.2, -0.15) is 0 Å². The van der Waals surface area contributed by atoms with E-state index in [1.165, 1.54) is 23.9 Å². The summed E-state index contributed by atoms with van der Waals surface area (Å²) in [4.78, 5) is 55.7. The second-order valence-corrected chi connectivity index (χ2v) is 11.1. The second-order valence-electron chi connectivity index (χ2n) is 9.92. The summed E-state index contributed by atoms with van der Waals surface area (Å²) in [7, 11) is 0. The van der Waals surface area contributed by atoms with Gasteiger partial charge in [-0.15, -0.1) is 11.8 Å². The van der Waals surface area contributed by atoms with Crippen LogP contribution in [0.3, 0.4) is 0 Å². The zero-order chi connectivity index (χ0) is 32.3. The molecule has 0 spiro atoms. The molecule has 4 aromatic carbocycles. The quantitative estimate of drug-likeness (QED) is 0.0948. The number of carbonyl (C=O) groups is 4. The van der Waals surface area contributed by atoms with Gasteiger partial charge in [-0.25, -0.2) is 4.79 Å². The predicted molar refractivity (Wildman–Crippen MR) is 178 cm³/mol. The molecule has 1 atom stereocenters. The summed E-state index contributed by atoms with van der Waals surface area (Å²) < 4.78 is 0. The number of nitrogens with one attached hydrogen (secondary N) is 3. The number of carboxylic acids is 1. The highest BCUT2D eigenvalue weighted by atomic mass is 32.2. The van der Waals surface area contributed by atoms with Gasteiger partial charge in [0.25, 0.3) is 11.8 Å². The van der Waals surface area contributed by atoms with Crippen LogP contribution in [0.4, 0.5) is 11.4 Å². The van der Waals surface area contributed by atoms with E-state index >= 15 is 0 Å². The number of amides is 3. The standard InChI is InChI=1S/C36H28N4O5S/c41-33(26-11-5-2-6-12-26)40-31(22-24-8-7-21-37-23-24)34(42)38-29-17-19-30(20-18-29)46-32(25-9-3-1-4-10-25)35(43)39-28-15-13-27(14-16-28)36(44)45/h1-23,32H,(H,38,42)(H,39,43)(H,40,41)(H,44,45)/b31-22-. The Morgan fingerprint density at radius 2 is 1.33 bits per heavy atom. The third-order valence-electron chi connectivity index (χ3n) is 6.63. The number of thioether (sulfide) groups is 1. The van der Waals surface area contributed by atoms with E-state index in [0.717, 1.165) is 10.5 Å². The molecule has 46 heavy (non-hydrogen) atoms. The van der Waals surface area contributed by atoms with Gasteiger partial charge in [0, 0.05) is 34.2 Å². The fourth-order valence-corrected chi connectivity index (χ4v) is 5.35. The van der Waals surface area contributed by atoms with Gasteiger partial charge in [0.2, 0.25) is 5.91 Å². The van der Waals surface area contributed by atoms with Crippen LogP contribution in [0.5, 0.6) is 0 Å². The van der Waals surface area contributed by atoms with E-state index in [0.29, 0.717) is 22.5 Å². The lowest BCUT2D eigenvalue weighted by atomic mass is 10.1. The number of aromatic nitrogens is 1. The first-order valence-corrected chi connectivity index (χ1v) is 15.0. The molecule has 4 N–H and O–H groups in total. The van der Waals surface area contributed by atoms with Crippen LogP contribution in [0.25, 0.3) is 6.08 Å². The molecule has 0 fully saturated rings. The van der Waals surface area contributed by atoms with Crippen molar-refractivity contribution in [1.82, 2.24) is 10.3 Å². The van der Waals surface area contributed by atoms with Crippen LogP contribution in [0.1, 0.15) is 37.1 Å². The van der Waals surface area contributed by atoms with Crippen LogP contribution in [0.15, 0.2) is 144 Å². The first-order valence-electron chi connectivity index (χ1n) is 14.1. The minimum Gasteiger partial charge on any atom is -0.478 e. The third-order valence-corrected chi connectivity index (χ3v) is 7.90. The molecule has 0 saturated heterocycles. The Kier molecular flexibility index (Phi) is 10.3. The minimum atomic E-state index is -1.05. The van der Waals surface area contributed by atoms with E-state index < -0.39 is 23.0 Å². The van der Waals surface area contributed by atoms with Gasteiger partial charge < -0.3 is 21.1 Å². The zero-order valence-electron chi connectivity index (χ0n) is 24.3. The first kappa shape index (κ1) is 31.4. The average molecular weight is 629 g/mol. The van der Waals surface area contributed by atoms with E-state index in [2.05, 4.69) is 20.9 Å². The largest absolute Gasteiger partial charge is 0.478 e. The van der Waals surface area contributed by atoms with Gasteiger partial charge in [-0.3, -0.25) is 19.4 Å². The van der Waals surface area contributed by atoms with Gasteiger partial charge in [0.05, 0.1) is 5.56 Å². The van der Waals surface area contributed by atoms with Crippen LogP contribution in [-0.4, -0.2) is 33.8 Å². The maximum Gasteiger partial charge on any atom is 0.335 e. The van der Waals surface area contributed by atoms with Crippen molar-refractivity contribution in [3.05, 3.63) is 162 Å². The normalized spacial score (nSPS) is 11.6. The highest BCUT2D eigenvalue weighted by Gasteiger charge is 2.23. The molecule has 228 valence electrons. The number of pyridine rings is 1. The van der Waals surface area contributed by atoms with Crippen LogP contribution in [-0.2, 0) is 9.59 Å². The second kappa shape index (κ2) is 15.1. The van der Waals surface area contributed by atoms with Crippen molar-refractivity contribution in [2.75, 3.05) is 10.6 Å². The molecule has 5 aromatic rings. The summed E-state index contributed by atoms with van der Waals surface area (Å²) >= 11 is 1.32. The summed E-state index contributed by atoms with van der Waals surface area (Å²) in [5.41, 5.74) is 2.95. The number of hydrogen-bond donors (Lipinski definition) is 4. The topological polar surface area (TPSA) is 137 Å². The van der Waals surface area contributed by atoms with Crippen molar-refractivity contribution in [2.24, 2.45) is 0 Å². The van der Waals surface area contributed by atoms with Gasteiger partial charge in [-0.1, -0.05) is 54.6 Å². The van der Waals surface area contributed by atoms with Crippen molar-refractivity contribution in [3.63, 3.8) is 0 Å². The van der Waals surface area contributed by atoms with E-state index in [4.69, 9.17) is 5.11 Å². The number of benzene rings is 4. The van der Waals surface area contributed by atoms with Crippen molar-refractivity contribution < 1.29 is 24.3 Å². The van der Waals surface area contributed by atoms with E-state index in [9.17, 15) is 19.2 Å². The lowest BCUT2D eigenvalue weighted by Crippen LogP contribution is -2.30. The van der Waals surface area contributed by atoms with E-state index in [1.807, 2.05) is 30.3 Å². The van der Waals surface area contributed by atoms with Crippen LogP contribution in [0, 0.1) is 0 Å². The highest BCUT2D eigenvalue weighted by Crippen LogP contribution is 2.36. The Balaban J connectivity index is 1.30. The number of carbonyl (C=O) groups excluding carboxylic acids is 3. The monoisotopic (exact) mass is 628 g/mol. The Labute approximate surface area is 269 Å². The molecule has 5 rings (SSSR count). The SMILES string of the molecule is O=C(Nc1ccc(SC(C(=O)Nc2ccc(C(=O)O)cc2)c2ccccc2)cc1)/C(=C/c1cccnc1)NC(=O)c1ccccc1. The van der Waals surface area contributed by atoms with Crippen molar-refractivity contribution in [1.29, 1.82) is 0 Å². The third kappa shape index (κ3) is 8.55. The Hall–Kier alpha value is -6.00. The molecule has 0 bridgehead atoms. The average Bonchev–Trinajstić information content (AvgIpc) is 3.09. The number of aromatic carboxylic acids is 1. The number of rotatable bonds is 11. The summed E-state index contributed by atoms with van der Waals surface area (Å²) in [6.45, 7) is 0. The Bertz CT molecular complexity index is 1850. The molecule has 0 aliphatic carbocycles. The van der Waals surface area contributed by atoms with Crippen molar-refractivity contribution in [2.45, 2.75) is 10.1 Å². The smallest absolute Gasteiger partial charge is 0.335 e. The lowest BCUT2D eigenvalue weighted by molar-refractivity contribution is -0.116. The summed E-state index contributed by atoms with van der Waals surface area (Å²) in [6.07, 6.45) is 4.74. The number of anilines is 2. The maximum atomic E-state index is 13.4. The summed E-state index contributed by atoms with van der Waals surface area (Å²) in [5, 5.41) is 16.9. The molecule has 1 heterocycles. The van der Waals surface area contributed by atoms with E-state index in [-0.39, 0.29) is 17.2 Å². The first-order chi connectivity index (χ1) is 22.4. The number of hydrogen-bond acceptors (Lipinski definition) is 6. The molecule has 0 aliphatic rings. The molecule has 1 aromatic heterocycles. The molecule has 0 aliphatic heterocycles. The predicted octanol–water partition coefficient (Wildman–Crippen LogP) is 6.66.